The van der Waals surface area contributed by atoms with Crippen LogP contribution in [0.4, 0.5) is 8.78 Å². The summed E-state index contributed by atoms with van der Waals surface area (Å²) in [6.45, 7) is 1.97. The van der Waals surface area contributed by atoms with E-state index in [1.165, 1.54) is 0 Å². The second kappa shape index (κ2) is 3.93. The van der Waals surface area contributed by atoms with Gasteiger partial charge in [-0.3, -0.25) is 4.79 Å². The van der Waals surface area contributed by atoms with Gasteiger partial charge in [0.2, 0.25) is 0 Å². The molecule has 0 aromatic heterocycles. The highest BCUT2D eigenvalue weighted by Crippen LogP contribution is 2.66. The third-order valence-corrected chi connectivity index (χ3v) is 5.21. The normalized spacial score (nSPS) is 46.5. The van der Waals surface area contributed by atoms with Gasteiger partial charge in [-0.2, -0.15) is 0 Å². The molecule has 0 aromatic carbocycles. The maximum Gasteiger partial charge on any atom is 0.312 e. The number of ether oxygens (including phenoxy) is 1. The highest BCUT2D eigenvalue weighted by molar-refractivity contribution is 5.78. The monoisotopic (exact) mass is 288 g/mol. The predicted molar refractivity (Wildman–Crippen MR) is 68.3 cm³/mol. The van der Waals surface area contributed by atoms with Crippen LogP contribution < -0.4 is 0 Å². The van der Waals surface area contributed by atoms with Crippen molar-refractivity contribution in [2.45, 2.75) is 63.9 Å². The summed E-state index contributed by atoms with van der Waals surface area (Å²) in [7, 11) is 0. The maximum atomic E-state index is 12.9. The van der Waals surface area contributed by atoms with Crippen LogP contribution in [0.25, 0.3) is 0 Å². The van der Waals surface area contributed by atoms with Crippen molar-refractivity contribution in [1.82, 2.24) is 0 Å². The second-order valence-electron chi connectivity index (χ2n) is 7.97. The molecule has 0 amide bonds. The third kappa shape index (κ3) is 2.34. The Hall–Kier alpha value is -0.710. The Bertz CT molecular complexity index is 425. The van der Waals surface area contributed by atoms with E-state index < -0.39 is 29.5 Å². The number of carbonyl (C=O) groups excluding carboxylic acids is 1. The lowest BCUT2D eigenvalue weighted by molar-refractivity contribution is -0.217. The van der Waals surface area contributed by atoms with Gasteiger partial charge in [-0.05, 0) is 49.9 Å². The molecule has 4 fully saturated rings. The molecule has 4 unspecified atom stereocenters. The molecule has 4 atom stereocenters. The Morgan fingerprint density at radius 2 is 2.00 bits per heavy atom. The SMILES string of the molecule is CC(F)(F)COC(=O)C12CC3CC(C)(CC(O)(C3)C1)C2. The van der Waals surface area contributed by atoms with Crippen molar-refractivity contribution in [1.29, 1.82) is 0 Å². The van der Waals surface area contributed by atoms with Crippen molar-refractivity contribution in [3.63, 3.8) is 0 Å². The van der Waals surface area contributed by atoms with Crippen LogP contribution in [-0.4, -0.2) is 29.2 Å². The second-order valence-corrected chi connectivity index (χ2v) is 7.97. The van der Waals surface area contributed by atoms with Crippen LogP contribution >= 0.6 is 0 Å². The average molecular weight is 288 g/mol. The van der Waals surface area contributed by atoms with Crippen LogP contribution in [0.1, 0.15) is 52.4 Å². The molecule has 4 aliphatic carbocycles. The van der Waals surface area contributed by atoms with E-state index >= 15 is 0 Å². The molecule has 4 aliphatic rings. The number of halogens is 2. The first-order chi connectivity index (χ1) is 9.03. The molecule has 4 rings (SSSR count). The largest absolute Gasteiger partial charge is 0.459 e. The minimum Gasteiger partial charge on any atom is -0.459 e. The van der Waals surface area contributed by atoms with Crippen LogP contribution in [0.5, 0.6) is 0 Å². The standard InChI is InChI=1S/C15H22F2O3/c1-12-3-10-4-14(6-12,8-15(19,5-10)7-12)11(18)20-9-13(2,16)17/h10,19H,3-9H2,1-2H3. The van der Waals surface area contributed by atoms with Gasteiger partial charge in [-0.25, -0.2) is 8.78 Å². The fraction of sp³-hybridized carbons (Fsp3) is 0.933. The molecule has 0 spiro atoms. The Morgan fingerprint density at radius 1 is 1.30 bits per heavy atom. The number of rotatable bonds is 3. The first-order valence-corrected chi connectivity index (χ1v) is 7.31. The number of aliphatic hydroxyl groups is 1. The number of hydrogen-bond donors (Lipinski definition) is 1. The highest BCUT2D eigenvalue weighted by Gasteiger charge is 2.64. The molecule has 4 saturated carbocycles. The summed E-state index contributed by atoms with van der Waals surface area (Å²) in [6, 6.07) is 0. The van der Waals surface area contributed by atoms with E-state index in [4.69, 9.17) is 4.74 Å². The molecule has 5 heteroatoms. The van der Waals surface area contributed by atoms with Gasteiger partial charge in [0.15, 0.2) is 6.61 Å². The van der Waals surface area contributed by atoms with Gasteiger partial charge >= 0.3 is 5.97 Å². The predicted octanol–water partition coefficient (Wildman–Crippen LogP) is 2.91. The lowest BCUT2D eigenvalue weighted by Crippen LogP contribution is -2.61. The molecule has 0 radical (unpaired) electrons. The summed E-state index contributed by atoms with van der Waals surface area (Å²) >= 11 is 0. The van der Waals surface area contributed by atoms with Gasteiger partial charge in [0.25, 0.3) is 5.92 Å². The van der Waals surface area contributed by atoms with Crippen molar-refractivity contribution in [3.05, 3.63) is 0 Å². The topological polar surface area (TPSA) is 46.5 Å². The van der Waals surface area contributed by atoms with Crippen LogP contribution in [0.15, 0.2) is 0 Å². The first-order valence-electron chi connectivity index (χ1n) is 7.31. The molecule has 0 aliphatic heterocycles. The van der Waals surface area contributed by atoms with E-state index in [0.717, 1.165) is 26.2 Å². The van der Waals surface area contributed by atoms with Gasteiger partial charge in [0, 0.05) is 6.92 Å². The molecular formula is C15H22F2O3. The summed E-state index contributed by atoms with van der Waals surface area (Å²) in [4.78, 5) is 12.4. The van der Waals surface area contributed by atoms with E-state index in [1.54, 1.807) is 0 Å². The molecule has 1 N–H and O–H groups in total. The van der Waals surface area contributed by atoms with Gasteiger partial charge < -0.3 is 9.84 Å². The van der Waals surface area contributed by atoms with Crippen molar-refractivity contribution >= 4 is 5.97 Å². The van der Waals surface area contributed by atoms with Gasteiger partial charge in [-0.15, -0.1) is 0 Å². The van der Waals surface area contributed by atoms with Crippen molar-refractivity contribution in [2.24, 2.45) is 16.7 Å². The molecule has 4 bridgehead atoms. The molecule has 20 heavy (non-hydrogen) atoms. The molecule has 0 aromatic rings. The zero-order chi connectivity index (χ0) is 14.8. The summed E-state index contributed by atoms with van der Waals surface area (Å²) in [5.74, 6) is -3.22. The first kappa shape index (κ1) is 14.2. The Kier molecular flexibility index (Phi) is 2.80. The number of carbonyl (C=O) groups is 1. The molecule has 0 heterocycles. The fourth-order valence-electron chi connectivity index (χ4n) is 5.44. The summed E-state index contributed by atoms with van der Waals surface area (Å²) in [5.41, 5.74) is -1.60. The molecule has 0 saturated heterocycles. The molecular weight excluding hydrogens is 266 g/mol. The lowest BCUT2D eigenvalue weighted by Gasteiger charge is -2.63. The van der Waals surface area contributed by atoms with Crippen molar-refractivity contribution < 1.29 is 23.4 Å². The lowest BCUT2D eigenvalue weighted by atomic mass is 9.43. The molecule has 3 nitrogen and oxygen atoms in total. The Balaban J connectivity index is 1.80. The fourth-order valence-corrected chi connectivity index (χ4v) is 5.44. The van der Waals surface area contributed by atoms with Crippen LogP contribution in [0, 0.1) is 16.7 Å². The van der Waals surface area contributed by atoms with Crippen LogP contribution in [0.3, 0.4) is 0 Å². The van der Waals surface area contributed by atoms with E-state index in [0.29, 0.717) is 25.2 Å². The van der Waals surface area contributed by atoms with Gasteiger partial charge in [0.1, 0.15) is 0 Å². The van der Waals surface area contributed by atoms with E-state index in [9.17, 15) is 18.7 Å². The maximum absolute atomic E-state index is 12.9. The average Bonchev–Trinajstić information content (AvgIpc) is 2.19. The minimum atomic E-state index is -3.00. The van der Waals surface area contributed by atoms with Gasteiger partial charge in [-0.1, -0.05) is 6.92 Å². The number of hydrogen-bond acceptors (Lipinski definition) is 3. The van der Waals surface area contributed by atoms with Crippen LogP contribution in [0.2, 0.25) is 0 Å². The Morgan fingerprint density at radius 3 is 2.55 bits per heavy atom. The van der Waals surface area contributed by atoms with Crippen molar-refractivity contribution in [2.75, 3.05) is 6.61 Å². The van der Waals surface area contributed by atoms with Crippen molar-refractivity contribution in [3.8, 4) is 0 Å². The zero-order valence-corrected chi connectivity index (χ0v) is 12.0. The third-order valence-electron chi connectivity index (χ3n) is 5.21. The number of alkyl halides is 2. The van der Waals surface area contributed by atoms with Gasteiger partial charge in [0.05, 0.1) is 11.0 Å². The zero-order valence-electron chi connectivity index (χ0n) is 12.0. The van der Waals surface area contributed by atoms with E-state index in [-0.39, 0.29) is 5.41 Å². The van der Waals surface area contributed by atoms with E-state index in [2.05, 4.69) is 6.92 Å². The quantitative estimate of drug-likeness (QED) is 0.812. The summed E-state index contributed by atoms with van der Waals surface area (Å²) < 4.78 is 30.6. The number of esters is 1. The molecule has 114 valence electrons. The smallest absolute Gasteiger partial charge is 0.312 e. The summed E-state index contributed by atoms with van der Waals surface area (Å²) in [5, 5.41) is 10.7. The highest BCUT2D eigenvalue weighted by atomic mass is 19.3. The minimum absolute atomic E-state index is 0.0537. The Labute approximate surface area is 117 Å². The summed E-state index contributed by atoms with van der Waals surface area (Å²) in [6.07, 6.45) is 4.19. The van der Waals surface area contributed by atoms with E-state index in [1.807, 2.05) is 0 Å². The van der Waals surface area contributed by atoms with Crippen LogP contribution in [-0.2, 0) is 9.53 Å².